The molecule has 2 heterocycles. The van der Waals surface area contributed by atoms with Crippen molar-refractivity contribution in [1.82, 2.24) is 9.80 Å². The van der Waals surface area contributed by atoms with Crippen LogP contribution in [-0.2, 0) is 4.74 Å². The predicted octanol–water partition coefficient (Wildman–Crippen LogP) is 3.69. The number of ether oxygens (including phenoxy) is 1. The van der Waals surface area contributed by atoms with Crippen LogP contribution in [0.2, 0.25) is 0 Å². The molecule has 2 aliphatic heterocycles. The number of amides is 1. The van der Waals surface area contributed by atoms with Gasteiger partial charge in [-0.3, -0.25) is 4.90 Å². The second kappa shape index (κ2) is 6.16. The van der Waals surface area contributed by atoms with E-state index in [1.165, 1.54) is 5.56 Å². The molecule has 23 heavy (non-hydrogen) atoms. The highest BCUT2D eigenvalue weighted by Gasteiger charge is 2.45. The Kier molecular flexibility index (Phi) is 4.37. The molecular weight excluding hydrogens is 288 g/mol. The molecule has 4 heteroatoms. The zero-order chi connectivity index (χ0) is 16.6. The molecule has 126 valence electrons. The van der Waals surface area contributed by atoms with Gasteiger partial charge in [0.05, 0.1) is 0 Å². The summed E-state index contributed by atoms with van der Waals surface area (Å²) in [7, 11) is 0. The summed E-state index contributed by atoms with van der Waals surface area (Å²) in [6.07, 6.45) is 0.881. The number of hydrogen-bond acceptors (Lipinski definition) is 3. The summed E-state index contributed by atoms with van der Waals surface area (Å²) in [5, 5.41) is 0. The van der Waals surface area contributed by atoms with Gasteiger partial charge in [0.1, 0.15) is 5.60 Å². The lowest BCUT2D eigenvalue weighted by Gasteiger charge is -2.55. The van der Waals surface area contributed by atoms with Gasteiger partial charge in [0.25, 0.3) is 0 Å². The van der Waals surface area contributed by atoms with Gasteiger partial charge in [0.2, 0.25) is 0 Å². The second-order valence-electron chi connectivity index (χ2n) is 7.83. The topological polar surface area (TPSA) is 32.8 Å². The number of benzene rings is 1. The molecule has 2 aliphatic rings. The summed E-state index contributed by atoms with van der Waals surface area (Å²) in [6.45, 7) is 10.7. The zero-order valence-corrected chi connectivity index (χ0v) is 14.7. The van der Waals surface area contributed by atoms with Gasteiger partial charge in [-0.25, -0.2) is 4.79 Å². The molecule has 1 aromatic carbocycles. The highest BCUT2D eigenvalue weighted by molar-refractivity contribution is 5.68. The smallest absolute Gasteiger partial charge is 0.410 e. The van der Waals surface area contributed by atoms with Gasteiger partial charge in [-0.2, -0.15) is 0 Å². The third kappa shape index (κ3) is 3.52. The number of fused-ring (bicyclic) bond motifs is 1. The molecule has 0 bridgehead atoms. The molecule has 0 aromatic heterocycles. The third-order valence-electron chi connectivity index (χ3n) is 5.00. The van der Waals surface area contributed by atoms with Crippen LogP contribution in [0.3, 0.4) is 0 Å². The molecule has 0 spiro atoms. The first-order chi connectivity index (χ1) is 10.8. The van der Waals surface area contributed by atoms with E-state index in [2.05, 4.69) is 42.2 Å². The third-order valence-corrected chi connectivity index (χ3v) is 5.00. The van der Waals surface area contributed by atoms with Gasteiger partial charge in [-0.05, 0) is 39.7 Å². The van der Waals surface area contributed by atoms with E-state index in [1.54, 1.807) is 0 Å². The maximum Gasteiger partial charge on any atom is 0.410 e. The molecule has 0 aliphatic carbocycles. The number of rotatable bonds is 2. The second-order valence-corrected chi connectivity index (χ2v) is 7.83. The van der Waals surface area contributed by atoms with Crippen LogP contribution in [0.5, 0.6) is 0 Å². The summed E-state index contributed by atoms with van der Waals surface area (Å²) < 4.78 is 5.50. The zero-order valence-electron chi connectivity index (χ0n) is 14.7. The Morgan fingerprint density at radius 2 is 1.91 bits per heavy atom. The average Bonchev–Trinajstić information content (AvgIpc) is 2.47. The highest BCUT2D eigenvalue weighted by Crippen LogP contribution is 2.38. The number of nitrogens with zero attached hydrogens (tertiary/aromatic N) is 2. The number of piperidine rings is 1. The van der Waals surface area contributed by atoms with Crippen molar-refractivity contribution in [2.75, 3.05) is 19.6 Å². The van der Waals surface area contributed by atoms with Gasteiger partial charge in [-0.1, -0.05) is 30.3 Å². The lowest BCUT2D eigenvalue weighted by atomic mass is 9.80. The lowest BCUT2D eigenvalue weighted by molar-refractivity contribution is -0.0696. The molecule has 0 saturated carbocycles. The highest BCUT2D eigenvalue weighted by atomic mass is 16.6. The fourth-order valence-electron chi connectivity index (χ4n) is 3.76. The molecule has 3 atom stereocenters. The Labute approximate surface area is 139 Å². The molecule has 0 radical (unpaired) electrons. The van der Waals surface area contributed by atoms with Crippen LogP contribution >= 0.6 is 0 Å². The monoisotopic (exact) mass is 316 g/mol. The molecule has 1 amide bonds. The van der Waals surface area contributed by atoms with E-state index in [0.29, 0.717) is 18.0 Å². The van der Waals surface area contributed by atoms with Gasteiger partial charge < -0.3 is 9.64 Å². The maximum absolute atomic E-state index is 12.2. The van der Waals surface area contributed by atoms with Crippen LogP contribution < -0.4 is 0 Å². The first kappa shape index (κ1) is 16.3. The fourth-order valence-corrected chi connectivity index (χ4v) is 3.76. The largest absolute Gasteiger partial charge is 0.444 e. The predicted molar refractivity (Wildman–Crippen MR) is 91.3 cm³/mol. The Morgan fingerprint density at radius 3 is 2.52 bits per heavy atom. The van der Waals surface area contributed by atoms with Crippen LogP contribution in [0.25, 0.3) is 0 Å². The van der Waals surface area contributed by atoms with E-state index >= 15 is 0 Å². The minimum absolute atomic E-state index is 0.162. The molecule has 0 N–H and O–H groups in total. The van der Waals surface area contributed by atoms with Crippen molar-refractivity contribution in [3.8, 4) is 0 Å². The molecule has 2 saturated heterocycles. The van der Waals surface area contributed by atoms with Gasteiger partial charge >= 0.3 is 6.09 Å². The Balaban J connectivity index is 1.56. The van der Waals surface area contributed by atoms with Gasteiger partial charge in [0.15, 0.2) is 0 Å². The van der Waals surface area contributed by atoms with E-state index < -0.39 is 5.60 Å². The molecule has 4 nitrogen and oxygen atoms in total. The standard InChI is InChI=1S/C19H28N2O2/c1-14(15-8-6-5-7-9-15)21-13-16-12-20(11-10-17(16)21)18(22)23-19(2,3)4/h5-9,14,16-17H,10-13H2,1-4H3/t14-,16-,17-/m0/s1. The number of carbonyl (C=O) groups is 1. The van der Waals surface area contributed by atoms with Crippen LogP contribution in [-0.4, -0.2) is 47.2 Å². The van der Waals surface area contributed by atoms with E-state index in [0.717, 1.165) is 26.1 Å². The normalized spacial score (nSPS) is 26.2. The van der Waals surface area contributed by atoms with Crippen molar-refractivity contribution >= 4 is 6.09 Å². The van der Waals surface area contributed by atoms with E-state index in [4.69, 9.17) is 4.74 Å². The summed E-state index contributed by atoms with van der Waals surface area (Å²) >= 11 is 0. The van der Waals surface area contributed by atoms with Gasteiger partial charge in [-0.15, -0.1) is 0 Å². The first-order valence-corrected chi connectivity index (χ1v) is 8.64. The average molecular weight is 316 g/mol. The minimum atomic E-state index is -0.415. The van der Waals surface area contributed by atoms with Crippen molar-refractivity contribution in [1.29, 1.82) is 0 Å². The van der Waals surface area contributed by atoms with Crippen molar-refractivity contribution in [3.63, 3.8) is 0 Å². The molecule has 2 fully saturated rings. The van der Waals surface area contributed by atoms with E-state index in [9.17, 15) is 4.79 Å². The van der Waals surface area contributed by atoms with Crippen molar-refractivity contribution < 1.29 is 9.53 Å². The van der Waals surface area contributed by atoms with Crippen molar-refractivity contribution in [2.45, 2.75) is 51.8 Å². The molecule has 1 aromatic rings. The van der Waals surface area contributed by atoms with Crippen molar-refractivity contribution in [2.24, 2.45) is 5.92 Å². The number of carbonyl (C=O) groups excluding carboxylic acids is 1. The number of hydrogen-bond donors (Lipinski definition) is 0. The lowest BCUT2D eigenvalue weighted by Crippen LogP contribution is -2.64. The van der Waals surface area contributed by atoms with Gasteiger partial charge in [0, 0.05) is 37.6 Å². The SMILES string of the molecule is C[C@@H](c1ccccc1)N1C[C@@H]2CN(C(=O)OC(C)(C)C)CC[C@@H]21. The minimum Gasteiger partial charge on any atom is -0.444 e. The Morgan fingerprint density at radius 1 is 1.22 bits per heavy atom. The Bertz CT molecular complexity index is 552. The summed E-state index contributed by atoms with van der Waals surface area (Å²) in [5.41, 5.74) is 0.960. The Hall–Kier alpha value is -1.55. The van der Waals surface area contributed by atoms with Crippen LogP contribution in [0.1, 0.15) is 45.7 Å². The van der Waals surface area contributed by atoms with E-state index in [-0.39, 0.29) is 6.09 Å². The van der Waals surface area contributed by atoms with Crippen LogP contribution in [0, 0.1) is 5.92 Å². The summed E-state index contributed by atoms with van der Waals surface area (Å²) in [4.78, 5) is 16.7. The summed E-state index contributed by atoms with van der Waals surface area (Å²) in [5.74, 6) is 0.586. The van der Waals surface area contributed by atoms with Crippen molar-refractivity contribution in [3.05, 3.63) is 35.9 Å². The fraction of sp³-hybridized carbons (Fsp3) is 0.632. The molecular formula is C19H28N2O2. The quantitative estimate of drug-likeness (QED) is 0.834. The number of likely N-dealkylation sites (tertiary alicyclic amines) is 2. The molecule has 3 rings (SSSR count). The maximum atomic E-state index is 12.2. The molecule has 0 unspecified atom stereocenters. The first-order valence-electron chi connectivity index (χ1n) is 8.64. The van der Waals surface area contributed by atoms with Crippen LogP contribution in [0.4, 0.5) is 4.79 Å². The van der Waals surface area contributed by atoms with E-state index in [1.807, 2.05) is 25.7 Å². The summed E-state index contributed by atoms with van der Waals surface area (Å²) in [6, 6.07) is 11.7. The van der Waals surface area contributed by atoms with Crippen LogP contribution in [0.15, 0.2) is 30.3 Å².